The van der Waals surface area contributed by atoms with Crippen LogP contribution in [0.5, 0.6) is 0 Å². The van der Waals surface area contributed by atoms with E-state index in [2.05, 4.69) is 10.6 Å². The van der Waals surface area contributed by atoms with Crippen LogP contribution < -0.4 is 16.2 Å². The van der Waals surface area contributed by atoms with Gasteiger partial charge in [-0.25, -0.2) is 4.39 Å². The summed E-state index contributed by atoms with van der Waals surface area (Å²) in [5.41, 5.74) is 0.477. The molecule has 4 rings (SSSR count). The van der Waals surface area contributed by atoms with Crippen molar-refractivity contribution in [2.75, 3.05) is 18.5 Å². The molecule has 7 nitrogen and oxygen atoms in total. The molecule has 0 radical (unpaired) electrons. The minimum Gasteiger partial charge on any atom is -0.376 e. The number of halogens is 1. The van der Waals surface area contributed by atoms with Crippen molar-refractivity contribution in [1.29, 1.82) is 0 Å². The number of aromatic nitrogens is 1. The predicted octanol–water partition coefficient (Wildman–Crippen LogP) is 3.14. The Morgan fingerprint density at radius 3 is 2.47 bits per heavy atom. The van der Waals surface area contributed by atoms with Gasteiger partial charge in [0.25, 0.3) is 17.4 Å². The number of nitrogens with one attached hydrogen (secondary N) is 2. The van der Waals surface area contributed by atoms with Gasteiger partial charge in [-0.2, -0.15) is 0 Å². The molecule has 1 fully saturated rings. The Hall–Kier alpha value is -3.78. The highest BCUT2D eigenvalue weighted by atomic mass is 19.1. The molecule has 0 aliphatic carbocycles. The summed E-state index contributed by atoms with van der Waals surface area (Å²) in [7, 11) is 0. The Bertz CT molecular complexity index is 1180. The van der Waals surface area contributed by atoms with Crippen molar-refractivity contribution < 1.29 is 18.7 Å². The quantitative estimate of drug-likeness (QED) is 0.623. The molecule has 3 aromatic rings. The minimum absolute atomic E-state index is 0.0167. The SMILES string of the molecule is O=C(Nc1ccc(-n2cccc(C(=O)NC[C@H]3CCCO3)c2=O)cc1)c1ccccc1F. The highest BCUT2D eigenvalue weighted by molar-refractivity contribution is 6.04. The van der Waals surface area contributed by atoms with Crippen LogP contribution in [0.25, 0.3) is 5.69 Å². The Kier molecular flexibility index (Phi) is 6.42. The van der Waals surface area contributed by atoms with E-state index in [1.807, 2.05) is 0 Å². The molecule has 0 spiro atoms. The second-order valence-corrected chi connectivity index (χ2v) is 7.42. The molecule has 1 atom stereocenters. The van der Waals surface area contributed by atoms with E-state index in [0.29, 0.717) is 24.5 Å². The second kappa shape index (κ2) is 9.57. The van der Waals surface area contributed by atoms with Gasteiger partial charge in [-0.15, -0.1) is 0 Å². The summed E-state index contributed by atoms with van der Waals surface area (Å²) in [6.07, 6.45) is 3.40. The van der Waals surface area contributed by atoms with E-state index in [4.69, 9.17) is 4.74 Å². The van der Waals surface area contributed by atoms with E-state index in [9.17, 15) is 18.8 Å². The molecule has 8 heteroatoms. The third kappa shape index (κ3) is 4.76. The first-order valence-electron chi connectivity index (χ1n) is 10.3. The van der Waals surface area contributed by atoms with E-state index in [-0.39, 0.29) is 17.2 Å². The smallest absolute Gasteiger partial charge is 0.267 e. The summed E-state index contributed by atoms with van der Waals surface area (Å²) in [5.74, 6) is -1.63. The van der Waals surface area contributed by atoms with Crippen molar-refractivity contribution in [1.82, 2.24) is 9.88 Å². The van der Waals surface area contributed by atoms with Crippen LogP contribution >= 0.6 is 0 Å². The number of nitrogens with zero attached hydrogens (tertiary/aromatic N) is 1. The number of amides is 2. The van der Waals surface area contributed by atoms with E-state index >= 15 is 0 Å². The van der Waals surface area contributed by atoms with Crippen molar-refractivity contribution in [2.24, 2.45) is 0 Å². The maximum Gasteiger partial charge on any atom is 0.267 e. The van der Waals surface area contributed by atoms with Crippen molar-refractivity contribution >= 4 is 17.5 Å². The lowest BCUT2D eigenvalue weighted by molar-refractivity contribution is 0.0856. The summed E-state index contributed by atoms with van der Waals surface area (Å²) in [4.78, 5) is 37.6. The number of hydrogen-bond donors (Lipinski definition) is 2. The summed E-state index contributed by atoms with van der Waals surface area (Å²) in [6.45, 7) is 1.05. The van der Waals surface area contributed by atoms with Gasteiger partial charge >= 0.3 is 0 Å². The fourth-order valence-corrected chi connectivity index (χ4v) is 3.53. The molecule has 164 valence electrons. The van der Waals surface area contributed by atoms with Crippen LogP contribution in [0, 0.1) is 5.82 Å². The third-order valence-corrected chi connectivity index (χ3v) is 5.23. The lowest BCUT2D eigenvalue weighted by atomic mass is 10.2. The Balaban J connectivity index is 1.47. The van der Waals surface area contributed by atoms with Crippen molar-refractivity contribution in [2.45, 2.75) is 18.9 Å². The van der Waals surface area contributed by atoms with Crippen LogP contribution in [0.1, 0.15) is 33.6 Å². The lowest BCUT2D eigenvalue weighted by Gasteiger charge is -2.12. The van der Waals surface area contributed by atoms with Crippen molar-refractivity contribution in [3.8, 4) is 5.69 Å². The van der Waals surface area contributed by atoms with Gasteiger partial charge < -0.3 is 15.4 Å². The number of carbonyl (C=O) groups excluding carboxylic acids is 2. The highest BCUT2D eigenvalue weighted by Crippen LogP contribution is 2.15. The number of rotatable bonds is 6. The molecule has 0 bridgehead atoms. The van der Waals surface area contributed by atoms with Gasteiger partial charge in [0.05, 0.1) is 11.7 Å². The lowest BCUT2D eigenvalue weighted by Crippen LogP contribution is -2.36. The van der Waals surface area contributed by atoms with Gasteiger partial charge in [0.1, 0.15) is 11.4 Å². The van der Waals surface area contributed by atoms with Gasteiger partial charge in [-0.05, 0) is 61.4 Å². The zero-order chi connectivity index (χ0) is 22.5. The minimum atomic E-state index is -0.609. The van der Waals surface area contributed by atoms with Gasteiger partial charge in [-0.3, -0.25) is 19.0 Å². The number of benzene rings is 2. The second-order valence-electron chi connectivity index (χ2n) is 7.42. The van der Waals surface area contributed by atoms with Gasteiger partial charge in [0.2, 0.25) is 0 Å². The van der Waals surface area contributed by atoms with Crippen LogP contribution in [0.4, 0.5) is 10.1 Å². The molecular formula is C24H22FN3O4. The normalized spacial score (nSPS) is 15.3. The largest absolute Gasteiger partial charge is 0.376 e. The Morgan fingerprint density at radius 2 is 1.75 bits per heavy atom. The molecule has 2 heterocycles. The summed E-state index contributed by atoms with van der Waals surface area (Å²) in [6, 6.07) is 15.3. The average Bonchev–Trinajstić information content (AvgIpc) is 3.32. The van der Waals surface area contributed by atoms with E-state index < -0.39 is 23.2 Å². The molecule has 1 aromatic heterocycles. The summed E-state index contributed by atoms with van der Waals surface area (Å²) < 4.78 is 20.6. The molecule has 32 heavy (non-hydrogen) atoms. The van der Waals surface area contributed by atoms with Crippen LogP contribution in [-0.4, -0.2) is 35.6 Å². The van der Waals surface area contributed by atoms with Gasteiger partial charge in [0.15, 0.2) is 0 Å². The van der Waals surface area contributed by atoms with Crippen LogP contribution in [-0.2, 0) is 4.74 Å². The number of pyridine rings is 1. The fourth-order valence-electron chi connectivity index (χ4n) is 3.53. The number of hydrogen-bond acceptors (Lipinski definition) is 4. The van der Waals surface area contributed by atoms with Crippen molar-refractivity contribution in [3.05, 3.63) is 94.2 Å². The maximum atomic E-state index is 13.8. The standard InChI is InChI=1S/C24H22FN3O4/c25-21-8-2-1-6-19(21)23(30)27-16-9-11-17(12-10-16)28-13-3-7-20(24(28)31)22(29)26-15-18-5-4-14-32-18/h1-3,6-13,18H,4-5,14-15H2,(H,26,29)(H,27,30)/t18-/m1/s1. The zero-order valence-electron chi connectivity index (χ0n) is 17.2. The third-order valence-electron chi connectivity index (χ3n) is 5.23. The fraction of sp³-hybridized carbons (Fsp3) is 0.208. The van der Waals surface area contributed by atoms with Crippen molar-refractivity contribution in [3.63, 3.8) is 0 Å². The van der Waals surface area contributed by atoms with E-state index in [0.717, 1.165) is 12.8 Å². The molecule has 2 aromatic carbocycles. The Morgan fingerprint density at radius 1 is 1.00 bits per heavy atom. The van der Waals surface area contributed by atoms with Crippen LogP contribution in [0.3, 0.4) is 0 Å². The predicted molar refractivity (Wildman–Crippen MR) is 118 cm³/mol. The molecular weight excluding hydrogens is 413 g/mol. The molecule has 1 saturated heterocycles. The molecule has 0 unspecified atom stereocenters. The van der Waals surface area contributed by atoms with E-state index in [1.165, 1.54) is 28.8 Å². The van der Waals surface area contributed by atoms with E-state index in [1.54, 1.807) is 42.6 Å². The average molecular weight is 435 g/mol. The molecule has 1 aliphatic heterocycles. The number of anilines is 1. The van der Waals surface area contributed by atoms with Gasteiger partial charge in [-0.1, -0.05) is 12.1 Å². The molecule has 1 aliphatic rings. The Labute approximate surface area is 183 Å². The molecule has 2 amide bonds. The molecule has 2 N–H and O–H groups in total. The molecule has 0 saturated carbocycles. The van der Waals surface area contributed by atoms with Crippen LogP contribution in [0.15, 0.2) is 71.7 Å². The summed E-state index contributed by atoms with van der Waals surface area (Å²) in [5, 5.41) is 5.38. The highest BCUT2D eigenvalue weighted by Gasteiger charge is 2.18. The first-order valence-corrected chi connectivity index (χ1v) is 10.3. The first-order chi connectivity index (χ1) is 15.5. The number of ether oxygens (including phenoxy) is 1. The first kappa shape index (κ1) is 21.5. The van der Waals surface area contributed by atoms with Crippen LogP contribution in [0.2, 0.25) is 0 Å². The maximum absolute atomic E-state index is 13.8. The van der Waals surface area contributed by atoms with Gasteiger partial charge in [0, 0.05) is 30.7 Å². The monoisotopic (exact) mass is 435 g/mol. The zero-order valence-corrected chi connectivity index (χ0v) is 17.2. The topological polar surface area (TPSA) is 89.4 Å². The number of carbonyl (C=O) groups is 2. The summed E-state index contributed by atoms with van der Waals surface area (Å²) >= 11 is 0.